The minimum atomic E-state index is -0.332. The molecular formula is C20H12BrClFN3O. The van der Waals surface area contributed by atoms with Crippen molar-refractivity contribution in [2.45, 2.75) is 6.92 Å². The van der Waals surface area contributed by atoms with E-state index in [4.69, 9.17) is 11.6 Å². The summed E-state index contributed by atoms with van der Waals surface area (Å²) in [5.41, 5.74) is 3.85. The van der Waals surface area contributed by atoms with E-state index in [1.54, 1.807) is 30.5 Å². The molecule has 4 aromatic rings. The van der Waals surface area contributed by atoms with Gasteiger partial charge in [-0.15, -0.1) is 0 Å². The fourth-order valence-electron chi connectivity index (χ4n) is 2.95. The van der Waals surface area contributed by atoms with Gasteiger partial charge in [-0.2, -0.15) is 0 Å². The lowest BCUT2D eigenvalue weighted by Crippen LogP contribution is -2.06. The highest BCUT2D eigenvalue weighted by molar-refractivity contribution is 9.10. The van der Waals surface area contributed by atoms with Crippen molar-refractivity contribution in [2.24, 2.45) is 0 Å². The summed E-state index contributed by atoms with van der Waals surface area (Å²) in [7, 11) is 0. The molecule has 0 amide bonds. The Morgan fingerprint density at radius 2 is 1.81 bits per heavy atom. The molecule has 134 valence electrons. The molecule has 4 nitrogen and oxygen atoms in total. The Kier molecular flexibility index (Phi) is 4.53. The number of aryl methyl sites for hydroxylation is 1. The molecule has 3 heterocycles. The standard InChI is InChI=1S/C20H12BrClFN3O/c1-10-6-12(7-17(22)25-10)14-8-15-19(27)16(21)9-24-20(15)26-18(14)11-2-4-13(23)5-3-11/h2-9H,1H3,(H,24,26,27). The Morgan fingerprint density at radius 1 is 1.07 bits per heavy atom. The molecule has 0 atom stereocenters. The molecule has 0 radical (unpaired) electrons. The molecule has 0 aliphatic carbocycles. The van der Waals surface area contributed by atoms with Crippen LogP contribution in [0.4, 0.5) is 4.39 Å². The topological polar surface area (TPSA) is 58.6 Å². The SMILES string of the molecule is Cc1cc(-c2cc3c(=O)c(Br)c[nH]c3nc2-c2ccc(F)cc2)cc(Cl)n1. The maximum atomic E-state index is 13.4. The van der Waals surface area contributed by atoms with E-state index in [0.29, 0.717) is 31.9 Å². The predicted octanol–water partition coefficient (Wildman–Crippen LogP) is 5.52. The Hall–Kier alpha value is -2.57. The van der Waals surface area contributed by atoms with Gasteiger partial charge < -0.3 is 4.98 Å². The lowest BCUT2D eigenvalue weighted by Gasteiger charge is -2.12. The van der Waals surface area contributed by atoms with Crippen LogP contribution in [0.2, 0.25) is 5.15 Å². The average molecular weight is 445 g/mol. The fourth-order valence-corrected chi connectivity index (χ4v) is 3.53. The molecule has 0 saturated heterocycles. The van der Waals surface area contributed by atoms with Crippen molar-refractivity contribution in [1.82, 2.24) is 15.0 Å². The molecule has 1 aromatic carbocycles. The summed E-state index contributed by atoms with van der Waals surface area (Å²) in [5, 5.41) is 0.786. The van der Waals surface area contributed by atoms with Gasteiger partial charge in [-0.25, -0.2) is 14.4 Å². The number of pyridine rings is 3. The summed E-state index contributed by atoms with van der Waals surface area (Å²) >= 11 is 9.38. The van der Waals surface area contributed by atoms with Gasteiger partial charge in [0.2, 0.25) is 5.43 Å². The van der Waals surface area contributed by atoms with Crippen LogP contribution in [0.3, 0.4) is 0 Å². The van der Waals surface area contributed by atoms with Crippen LogP contribution in [0.25, 0.3) is 33.4 Å². The highest BCUT2D eigenvalue weighted by Crippen LogP contribution is 2.33. The number of aromatic nitrogens is 3. The smallest absolute Gasteiger partial charge is 0.205 e. The molecular weight excluding hydrogens is 433 g/mol. The number of halogens is 3. The van der Waals surface area contributed by atoms with E-state index in [0.717, 1.165) is 16.8 Å². The van der Waals surface area contributed by atoms with Crippen molar-refractivity contribution >= 4 is 38.6 Å². The number of hydrogen-bond acceptors (Lipinski definition) is 3. The minimum absolute atomic E-state index is 0.167. The third-order valence-corrected chi connectivity index (χ3v) is 4.95. The zero-order valence-electron chi connectivity index (χ0n) is 14.1. The molecule has 4 rings (SSSR count). The molecule has 27 heavy (non-hydrogen) atoms. The van der Waals surface area contributed by atoms with Crippen molar-refractivity contribution in [3.05, 3.63) is 80.0 Å². The average Bonchev–Trinajstić information content (AvgIpc) is 2.64. The number of benzene rings is 1. The number of hydrogen-bond donors (Lipinski definition) is 1. The minimum Gasteiger partial charge on any atom is -0.345 e. The molecule has 7 heteroatoms. The predicted molar refractivity (Wildman–Crippen MR) is 108 cm³/mol. The van der Waals surface area contributed by atoms with Gasteiger partial charge in [0.05, 0.1) is 15.6 Å². The van der Waals surface area contributed by atoms with Crippen molar-refractivity contribution in [1.29, 1.82) is 0 Å². The van der Waals surface area contributed by atoms with Crippen LogP contribution in [-0.2, 0) is 0 Å². The van der Waals surface area contributed by atoms with Gasteiger partial charge in [0.15, 0.2) is 0 Å². The fraction of sp³-hybridized carbons (Fsp3) is 0.0500. The summed E-state index contributed by atoms with van der Waals surface area (Å²) < 4.78 is 13.8. The summed E-state index contributed by atoms with van der Waals surface area (Å²) in [6.07, 6.45) is 1.55. The molecule has 0 aliphatic rings. The Bertz CT molecular complexity index is 1220. The monoisotopic (exact) mass is 443 g/mol. The summed E-state index contributed by atoms with van der Waals surface area (Å²) in [6, 6.07) is 11.4. The first-order valence-electron chi connectivity index (χ1n) is 8.05. The quantitative estimate of drug-likeness (QED) is 0.414. The first-order chi connectivity index (χ1) is 12.9. The molecule has 0 unspecified atom stereocenters. The normalized spacial score (nSPS) is 11.1. The molecule has 0 spiro atoms. The van der Waals surface area contributed by atoms with Gasteiger partial charge in [-0.3, -0.25) is 4.79 Å². The zero-order chi connectivity index (χ0) is 19.1. The highest BCUT2D eigenvalue weighted by Gasteiger charge is 2.15. The van der Waals surface area contributed by atoms with E-state index >= 15 is 0 Å². The third-order valence-electron chi connectivity index (χ3n) is 4.17. The molecule has 0 bridgehead atoms. The van der Waals surface area contributed by atoms with Gasteiger partial charge in [0.25, 0.3) is 0 Å². The van der Waals surface area contributed by atoms with Crippen LogP contribution in [0.5, 0.6) is 0 Å². The van der Waals surface area contributed by atoms with Gasteiger partial charge in [0.1, 0.15) is 16.6 Å². The summed E-state index contributed by atoms with van der Waals surface area (Å²) in [6.45, 7) is 1.84. The molecule has 1 N–H and O–H groups in total. The molecule has 0 fully saturated rings. The van der Waals surface area contributed by atoms with E-state index in [2.05, 4.69) is 30.9 Å². The van der Waals surface area contributed by atoms with Crippen LogP contribution >= 0.6 is 27.5 Å². The van der Waals surface area contributed by atoms with Crippen LogP contribution < -0.4 is 5.43 Å². The van der Waals surface area contributed by atoms with Gasteiger partial charge >= 0.3 is 0 Å². The van der Waals surface area contributed by atoms with Gasteiger partial charge in [-0.05, 0) is 70.9 Å². The van der Waals surface area contributed by atoms with E-state index in [1.165, 1.54) is 12.1 Å². The highest BCUT2D eigenvalue weighted by atomic mass is 79.9. The van der Waals surface area contributed by atoms with Crippen molar-refractivity contribution in [3.63, 3.8) is 0 Å². The van der Waals surface area contributed by atoms with Crippen molar-refractivity contribution < 1.29 is 4.39 Å². The first-order valence-corrected chi connectivity index (χ1v) is 9.22. The number of fused-ring (bicyclic) bond motifs is 1. The van der Waals surface area contributed by atoms with E-state index in [-0.39, 0.29) is 11.2 Å². The van der Waals surface area contributed by atoms with E-state index in [9.17, 15) is 9.18 Å². The van der Waals surface area contributed by atoms with E-state index < -0.39 is 0 Å². The largest absolute Gasteiger partial charge is 0.345 e. The second kappa shape index (κ2) is 6.87. The Morgan fingerprint density at radius 3 is 2.52 bits per heavy atom. The lowest BCUT2D eigenvalue weighted by atomic mass is 9.98. The van der Waals surface area contributed by atoms with Crippen LogP contribution in [0, 0.1) is 12.7 Å². The number of rotatable bonds is 2. The summed E-state index contributed by atoms with van der Waals surface area (Å²) in [4.78, 5) is 24.4. The number of H-pyrrole nitrogens is 1. The number of aromatic amines is 1. The second-order valence-electron chi connectivity index (χ2n) is 6.07. The van der Waals surface area contributed by atoms with Crippen molar-refractivity contribution in [3.8, 4) is 22.4 Å². The van der Waals surface area contributed by atoms with Crippen LogP contribution in [-0.4, -0.2) is 15.0 Å². The van der Waals surface area contributed by atoms with E-state index in [1.807, 2.05) is 13.0 Å². The van der Waals surface area contributed by atoms with Crippen LogP contribution in [0.1, 0.15) is 5.69 Å². The first kappa shape index (κ1) is 17.8. The third kappa shape index (κ3) is 3.38. The number of nitrogens with zero attached hydrogens (tertiary/aromatic N) is 2. The molecule has 0 saturated carbocycles. The lowest BCUT2D eigenvalue weighted by molar-refractivity contribution is 0.628. The Balaban J connectivity index is 2.09. The maximum Gasteiger partial charge on any atom is 0.205 e. The Labute approximate surface area is 167 Å². The second-order valence-corrected chi connectivity index (χ2v) is 7.31. The van der Waals surface area contributed by atoms with Gasteiger partial charge in [-0.1, -0.05) is 11.6 Å². The summed E-state index contributed by atoms with van der Waals surface area (Å²) in [5.74, 6) is -0.332. The molecule has 3 aromatic heterocycles. The molecule has 0 aliphatic heterocycles. The number of nitrogens with one attached hydrogen (secondary N) is 1. The van der Waals surface area contributed by atoms with Crippen LogP contribution in [0.15, 0.2) is 57.9 Å². The van der Waals surface area contributed by atoms with Gasteiger partial charge in [0, 0.05) is 23.0 Å². The zero-order valence-corrected chi connectivity index (χ0v) is 16.4. The van der Waals surface area contributed by atoms with Crippen molar-refractivity contribution in [2.75, 3.05) is 0 Å². The maximum absolute atomic E-state index is 13.4.